The van der Waals surface area contributed by atoms with E-state index in [1.54, 1.807) is 0 Å². The van der Waals surface area contributed by atoms with Gasteiger partial charge in [-0.1, -0.05) is 19.4 Å². The number of nitriles is 1. The van der Waals surface area contributed by atoms with Crippen molar-refractivity contribution in [2.24, 2.45) is 0 Å². The van der Waals surface area contributed by atoms with E-state index in [9.17, 15) is 5.26 Å². The number of unbranched alkanes of at least 4 members (excludes halogenated alkanes) is 1. The van der Waals surface area contributed by atoms with Crippen molar-refractivity contribution in [3.8, 4) is 6.07 Å². The summed E-state index contributed by atoms with van der Waals surface area (Å²) in [5, 5.41) is 12.6. The maximum atomic E-state index is 9.33. The molecule has 2 aromatic heterocycles. The largest absolute Gasteiger partial charge is 0.301 e. The molecule has 0 aromatic carbocycles. The molecule has 0 spiro atoms. The van der Waals surface area contributed by atoms with Crippen LogP contribution in [0, 0.1) is 18.3 Å². The molecule has 0 saturated heterocycles. The lowest BCUT2D eigenvalue weighted by Crippen LogP contribution is -2.23. The summed E-state index contributed by atoms with van der Waals surface area (Å²) in [6, 6.07) is 7.89. The van der Waals surface area contributed by atoms with Gasteiger partial charge in [-0.3, -0.25) is 5.32 Å². The molecule has 0 aliphatic rings. The van der Waals surface area contributed by atoms with E-state index < -0.39 is 0 Å². The molecule has 0 bridgehead atoms. The highest BCUT2D eigenvalue weighted by molar-refractivity contribution is 5.44. The fraction of sp³-hybridized carbons (Fsp3) is 0.429. The van der Waals surface area contributed by atoms with Crippen LogP contribution in [0.1, 0.15) is 37.2 Å². The number of imidazole rings is 1. The SMILES string of the molecule is CCCCNC(C#N)c1c(C)nc2ccccn12. The number of rotatable bonds is 5. The maximum absolute atomic E-state index is 9.33. The Bertz CT molecular complexity index is 565. The summed E-state index contributed by atoms with van der Waals surface area (Å²) in [5.41, 5.74) is 2.75. The predicted molar refractivity (Wildman–Crippen MR) is 71.2 cm³/mol. The van der Waals surface area contributed by atoms with E-state index >= 15 is 0 Å². The third-order valence-corrected chi connectivity index (χ3v) is 3.03. The van der Waals surface area contributed by atoms with Gasteiger partial charge in [-0.25, -0.2) is 4.98 Å². The minimum absolute atomic E-state index is 0.297. The molecule has 18 heavy (non-hydrogen) atoms. The molecule has 2 heterocycles. The van der Waals surface area contributed by atoms with E-state index in [0.29, 0.717) is 0 Å². The highest BCUT2D eigenvalue weighted by Gasteiger charge is 2.18. The van der Waals surface area contributed by atoms with Gasteiger partial charge in [0.05, 0.1) is 17.5 Å². The van der Waals surface area contributed by atoms with Crippen LogP contribution in [0.2, 0.25) is 0 Å². The number of hydrogen-bond donors (Lipinski definition) is 1. The van der Waals surface area contributed by atoms with Crippen LogP contribution in [0.15, 0.2) is 24.4 Å². The van der Waals surface area contributed by atoms with E-state index in [1.165, 1.54) is 0 Å². The second kappa shape index (κ2) is 5.65. The highest BCUT2D eigenvalue weighted by Crippen LogP contribution is 2.19. The number of aromatic nitrogens is 2. The molecule has 0 saturated carbocycles. The van der Waals surface area contributed by atoms with E-state index in [4.69, 9.17) is 0 Å². The number of hydrogen-bond acceptors (Lipinski definition) is 3. The van der Waals surface area contributed by atoms with E-state index in [2.05, 4.69) is 23.3 Å². The van der Waals surface area contributed by atoms with Crippen molar-refractivity contribution >= 4 is 5.65 Å². The summed E-state index contributed by atoms with van der Waals surface area (Å²) in [6.07, 6.45) is 4.15. The fourth-order valence-corrected chi connectivity index (χ4v) is 2.11. The summed E-state index contributed by atoms with van der Waals surface area (Å²) in [6.45, 7) is 4.95. The molecule has 0 aliphatic carbocycles. The first-order valence-corrected chi connectivity index (χ1v) is 6.34. The third-order valence-electron chi connectivity index (χ3n) is 3.03. The first-order chi connectivity index (χ1) is 8.77. The van der Waals surface area contributed by atoms with E-state index in [0.717, 1.165) is 36.4 Å². The van der Waals surface area contributed by atoms with Crippen molar-refractivity contribution in [3.05, 3.63) is 35.8 Å². The Morgan fingerprint density at radius 2 is 2.33 bits per heavy atom. The second-order valence-corrected chi connectivity index (χ2v) is 4.38. The minimum atomic E-state index is -0.297. The van der Waals surface area contributed by atoms with Gasteiger partial charge in [-0.15, -0.1) is 0 Å². The van der Waals surface area contributed by atoms with Crippen molar-refractivity contribution in [2.45, 2.75) is 32.7 Å². The van der Waals surface area contributed by atoms with Crippen molar-refractivity contribution in [2.75, 3.05) is 6.54 Å². The quantitative estimate of drug-likeness (QED) is 0.820. The molecule has 4 nitrogen and oxygen atoms in total. The zero-order valence-electron chi connectivity index (χ0n) is 10.8. The first kappa shape index (κ1) is 12.6. The molecule has 94 valence electrons. The topological polar surface area (TPSA) is 53.1 Å². The zero-order valence-corrected chi connectivity index (χ0v) is 10.8. The van der Waals surface area contributed by atoms with Crippen LogP contribution >= 0.6 is 0 Å². The molecule has 1 N–H and O–H groups in total. The van der Waals surface area contributed by atoms with Crippen LogP contribution in [0.4, 0.5) is 0 Å². The van der Waals surface area contributed by atoms with Gasteiger partial charge >= 0.3 is 0 Å². The standard InChI is InChI=1S/C14H18N4/c1-3-4-8-16-12(10-15)14-11(2)17-13-7-5-6-9-18(13)14/h5-7,9,12,16H,3-4,8H2,1-2H3. The van der Waals surface area contributed by atoms with Crippen molar-refractivity contribution in [1.29, 1.82) is 5.26 Å². The van der Waals surface area contributed by atoms with Crippen LogP contribution in [-0.4, -0.2) is 15.9 Å². The Labute approximate surface area is 107 Å². The van der Waals surface area contributed by atoms with Gasteiger partial charge in [0, 0.05) is 6.20 Å². The minimum Gasteiger partial charge on any atom is -0.301 e. The normalized spacial score (nSPS) is 12.5. The molecule has 2 aromatic rings. The van der Waals surface area contributed by atoms with Crippen molar-refractivity contribution in [3.63, 3.8) is 0 Å². The van der Waals surface area contributed by atoms with Gasteiger partial charge in [0.1, 0.15) is 11.7 Å². The Morgan fingerprint density at radius 3 is 3.06 bits per heavy atom. The number of fused-ring (bicyclic) bond motifs is 1. The lowest BCUT2D eigenvalue weighted by atomic mass is 10.2. The van der Waals surface area contributed by atoms with Gasteiger partial charge in [0.15, 0.2) is 0 Å². The fourth-order valence-electron chi connectivity index (χ4n) is 2.11. The van der Waals surface area contributed by atoms with Crippen molar-refractivity contribution < 1.29 is 0 Å². The Hall–Kier alpha value is -1.86. The third kappa shape index (κ3) is 2.36. The lowest BCUT2D eigenvalue weighted by Gasteiger charge is -2.12. The molecule has 0 amide bonds. The summed E-state index contributed by atoms with van der Waals surface area (Å²) >= 11 is 0. The average molecular weight is 242 g/mol. The van der Waals surface area contributed by atoms with Crippen molar-refractivity contribution in [1.82, 2.24) is 14.7 Å². The molecule has 1 unspecified atom stereocenters. The van der Waals surface area contributed by atoms with Crippen LogP contribution < -0.4 is 5.32 Å². The van der Waals surface area contributed by atoms with Crippen LogP contribution in [0.5, 0.6) is 0 Å². The van der Waals surface area contributed by atoms with Gasteiger partial charge in [0.2, 0.25) is 0 Å². The monoisotopic (exact) mass is 242 g/mol. The summed E-state index contributed by atoms with van der Waals surface area (Å²) in [7, 11) is 0. The van der Waals surface area contributed by atoms with Crippen LogP contribution in [0.3, 0.4) is 0 Å². The van der Waals surface area contributed by atoms with Gasteiger partial charge in [-0.2, -0.15) is 5.26 Å². The summed E-state index contributed by atoms with van der Waals surface area (Å²) in [4.78, 5) is 4.48. The average Bonchev–Trinajstić information content (AvgIpc) is 2.71. The molecule has 4 heteroatoms. The Morgan fingerprint density at radius 1 is 1.50 bits per heavy atom. The van der Waals surface area contributed by atoms with Gasteiger partial charge in [0.25, 0.3) is 0 Å². The smallest absolute Gasteiger partial charge is 0.138 e. The predicted octanol–water partition coefficient (Wildman–Crippen LogP) is 2.60. The molecule has 0 fully saturated rings. The van der Waals surface area contributed by atoms with Gasteiger partial charge < -0.3 is 4.40 Å². The summed E-state index contributed by atoms with van der Waals surface area (Å²) < 4.78 is 1.99. The lowest BCUT2D eigenvalue weighted by molar-refractivity contribution is 0.583. The Kier molecular flexibility index (Phi) is 3.96. The summed E-state index contributed by atoms with van der Waals surface area (Å²) in [5.74, 6) is 0. The number of nitrogens with one attached hydrogen (secondary N) is 1. The molecule has 0 radical (unpaired) electrons. The van der Waals surface area contributed by atoms with E-state index in [1.807, 2.05) is 35.7 Å². The highest BCUT2D eigenvalue weighted by atomic mass is 15.1. The number of pyridine rings is 1. The van der Waals surface area contributed by atoms with Gasteiger partial charge in [-0.05, 0) is 32.0 Å². The maximum Gasteiger partial charge on any atom is 0.138 e. The molecular formula is C14H18N4. The Balaban J connectivity index is 2.33. The second-order valence-electron chi connectivity index (χ2n) is 4.38. The molecule has 1 atom stereocenters. The zero-order chi connectivity index (χ0) is 13.0. The van der Waals surface area contributed by atoms with Crippen LogP contribution in [0.25, 0.3) is 5.65 Å². The molecule has 0 aliphatic heterocycles. The number of aryl methyl sites for hydroxylation is 1. The number of nitrogens with zero attached hydrogens (tertiary/aromatic N) is 3. The first-order valence-electron chi connectivity index (χ1n) is 6.34. The van der Waals surface area contributed by atoms with E-state index in [-0.39, 0.29) is 6.04 Å². The molecule has 2 rings (SSSR count). The van der Waals surface area contributed by atoms with Crippen LogP contribution in [-0.2, 0) is 0 Å². The molecular weight excluding hydrogens is 224 g/mol.